The van der Waals surface area contributed by atoms with E-state index in [1.54, 1.807) is 0 Å². The lowest BCUT2D eigenvalue weighted by Gasteiger charge is -2.34. The van der Waals surface area contributed by atoms with Gasteiger partial charge in [-0.3, -0.25) is 4.90 Å². The third kappa shape index (κ3) is 4.04. The minimum atomic E-state index is -0.688. The fourth-order valence-electron chi connectivity index (χ4n) is 3.36. The van der Waals surface area contributed by atoms with E-state index in [0.29, 0.717) is 19.1 Å². The zero-order valence-electron chi connectivity index (χ0n) is 12.8. The van der Waals surface area contributed by atoms with Gasteiger partial charge in [0.15, 0.2) is 0 Å². The highest BCUT2D eigenvalue weighted by molar-refractivity contribution is 5.33. The number of aliphatic hydroxyl groups is 1. The number of ether oxygens (including phenoxy) is 1. The second-order valence-electron chi connectivity index (χ2n) is 6.64. The third-order valence-electron chi connectivity index (χ3n) is 4.49. The van der Waals surface area contributed by atoms with Crippen molar-refractivity contribution in [2.24, 2.45) is 0 Å². The Morgan fingerprint density at radius 3 is 2.48 bits per heavy atom. The van der Waals surface area contributed by atoms with Gasteiger partial charge in [-0.15, -0.1) is 0 Å². The molecule has 2 N–H and O–H groups in total. The van der Waals surface area contributed by atoms with Gasteiger partial charge >= 0.3 is 0 Å². The van der Waals surface area contributed by atoms with Gasteiger partial charge in [0, 0.05) is 32.2 Å². The number of β-amino-alcohol motifs (C(OH)–C–C–N with tert-alkyl or cyclic N) is 1. The zero-order chi connectivity index (χ0) is 14.7. The standard InChI is InChI=1S/C17H26N2O2/c1-17(20,13-19-6-8-21-9-7-19)12-18-16-10-14-4-2-3-5-15(14)11-16/h2-5,16,18,20H,6-13H2,1H3. The van der Waals surface area contributed by atoms with Crippen LogP contribution in [0, 0.1) is 0 Å². The van der Waals surface area contributed by atoms with E-state index in [1.807, 2.05) is 6.92 Å². The molecule has 0 amide bonds. The average Bonchev–Trinajstić information content (AvgIpc) is 2.89. The topological polar surface area (TPSA) is 44.7 Å². The fourth-order valence-corrected chi connectivity index (χ4v) is 3.36. The molecule has 4 nitrogen and oxygen atoms in total. The number of fused-ring (bicyclic) bond motifs is 1. The Balaban J connectivity index is 1.46. The number of nitrogens with zero attached hydrogens (tertiary/aromatic N) is 1. The van der Waals surface area contributed by atoms with Crippen LogP contribution in [0.5, 0.6) is 0 Å². The highest BCUT2D eigenvalue weighted by atomic mass is 16.5. The van der Waals surface area contributed by atoms with Gasteiger partial charge in [-0.2, -0.15) is 0 Å². The molecule has 1 aromatic carbocycles. The van der Waals surface area contributed by atoms with Crippen molar-refractivity contribution >= 4 is 0 Å². The quantitative estimate of drug-likeness (QED) is 0.843. The number of nitrogens with one attached hydrogen (secondary N) is 1. The van der Waals surface area contributed by atoms with E-state index < -0.39 is 5.60 Å². The van der Waals surface area contributed by atoms with Gasteiger partial charge < -0.3 is 15.2 Å². The van der Waals surface area contributed by atoms with Crippen LogP contribution in [0.2, 0.25) is 0 Å². The average molecular weight is 290 g/mol. The first kappa shape index (κ1) is 15.0. The Morgan fingerprint density at radius 1 is 1.24 bits per heavy atom. The molecule has 2 aliphatic rings. The van der Waals surface area contributed by atoms with Gasteiger partial charge in [0.1, 0.15) is 0 Å². The molecule has 1 aliphatic carbocycles. The SMILES string of the molecule is CC(O)(CNC1Cc2ccccc2C1)CN1CCOCC1. The summed E-state index contributed by atoms with van der Waals surface area (Å²) in [5.74, 6) is 0. The lowest BCUT2D eigenvalue weighted by Crippen LogP contribution is -2.52. The Kier molecular flexibility index (Phi) is 4.60. The van der Waals surface area contributed by atoms with Crippen LogP contribution < -0.4 is 5.32 Å². The molecular weight excluding hydrogens is 264 g/mol. The Bertz CT molecular complexity index is 445. The maximum Gasteiger partial charge on any atom is 0.0869 e. The number of benzene rings is 1. The first-order valence-electron chi connectivity index (χ1n) is 7.95. The van der Waals surface area contributed by atoms with E-state index in [9.17, 15) is 5.11 Å². The van der Waals surface area contributed by atoms with Gasteiger partial charge in [0.25, 0.3) is 0 Å². The van der Waals surface area contributed by atoms with E-state index in [4.69, 9.17) is 4.74 Å². The van der Waals surface area contributed by atoms with Crippen LogP contribution in [0.15, 0.2) is 24.3 Å². The van der Waals surface area contributed by atoms with Crippen molar-refractivity contribution in [2.45, 2.75) is 31.4 Å². The smallest absolute Gasteiger partial charge is 0.0869 e. The number of hydrogen-bond acceptors (Lipinski definition) is 4. The fraction of sp³-hybridized carbons (Fsp3) is 0.647. The molecule has 0 radical (unpaired) electrons. The summed E-state index contributed by atoms with van der Waals surface area (Å²) in [6, 6.07) is 9.09. The van der Waals surface area contributed by atoms with Crippen molar-refractivity contribution in [1.82, 2.24) is 10.2 Å². The van der Waals surface area contributed by atoms with E-state index in [1.165, 1.54) is 11.1 Å². The van der Waals surface area contributed by atoms with Crippen LogP contribution in [0.25, 0.3) is 0 Å². The lowest BCUT2D eigenvalue weighted by molar-refractivity contribution is -0.0227. The molecule has 116 valence electrons. The highest BCUT2D eigenvalue weighted by Gasteiger charge is 2.28. The second-order valence-corrected chi connectivity index (χ2v) is 6.64. The highest BCUT2D eigenvalue weighted by Crippen LogP contribution is 2.22. The summed E-state index contributed by atoms with van der Waals surface area (Å²) in [6.07, 6.45) is 2.15. The second kappa shape index (κ2) is 6.44. The van der Waals surface area contributed by atoms with E-state index in [0.717, 1.165) is 39.1 Å². The molecule has 0 spiro atoms. The van der Waals surface area contributed by atoms with Gasteiger partial charge in [-0.05, 0) is 30.9 Å². The summed E-state index contributed by atoms with van der Waals surface area (Å²) in [5.41, 5.74) is 2.21. The molecule has 1 heterocycles. The largest absolute Gasteiger partial charge is 0.388 e. The molecule has 1 atom stereocenters. The van der Waals surface area contributed by atoms with Crippen LogP contribution in [-0.2, 0) is 17.6 Å². The Labute approximate surface area is 127 Å². The van der Waals surface area contributed by atoms with Crippen LogP contribution in [0.3, 0.4) is 0 Å². The molecule has 1 unspecified atom stereocenters. The lowest BCUT2D eigenvalue weighted by atomic mass is 10.0. The predicted molar refractivity (Wildman–Crippen MR) is 83.5 cm³/mol. The molecule has 4 heteroatoms. The van der Waals surface area contributed by atoms with Gasteiger partial charge in [-0.25, -0.2) is 0 Å². The summed E-state index contributed by atoms with van der Waals surface area (Å²) in [6.45, 7) is 6.68. The van der Waals surface area contributed by atoms with Crippen molar-refractivity contribution in [3.05, 3.63) is 35.4 Å². The predicted octanol–water partition coefficient (Wildman–Crippen LogP) is 0.827. The summed E-state index contributed by atoms with van der Waals surface area (Å²) < 4.78 is 5.35. The molecule has 0 aromatic heterocycles. The third-order valence-corrected chi connectivity index (χ3v) is 4.49. The minimum absolute atomic E-state index is 0.457. The maximum absolute atomic E-state index is 10.6. The van der Waals surface area contributed by atoms with E-state index in [2.05, 4.69) is 34.5 Å². The number of morpholine rings is 1. The van der Waals surface area contributed by atoms with Crippen molar-refractivity contribution in [2.75, 3.05) is 39.4 Å². The maximum atomic E-state index is 10.6. The molecule has 0 saturated carbocycles. The van der Waals surface area contributed by atoms with E-state index >= 15 is 0 Å². The van der Waals surface area contributed by atoms with Gasteiger partial charge in [0.05, 0.1) is 18.8 Å². The Morgan fingerprint density at radius 2 is 1.86 bits per heavy atom. The number of hydrogen-bond donors (Lipinski definition) is 2. The normalized spacial score (nSPS) is 23.0. The van der Waals surface area contributed by atoms with Gasteiger partial charge in [-0.1, -0.05) is 24.3 Å². The summed E-state index contributed by atoms with van der Waals surface area (Å²) in [7, 11) is 0. The zero-order valence-corrected chi connectivity index (χ0v) is 12.8. The molecule has 21 heavy (non-hydrogen) atoms. The van der Waals surface area contributed by atoms with Gasteiger partial charge in [0.2, 0.25) is 0 Å². The summed E-state index contributed by atoms with van der Waals surface area (Å²) in [4.78, 5) is 2.29. The molecule has 1 fully saturated rings. The first-order valence-corrected chi connectivity index (χ1v) is 7.95. The number of rotatable bonds is 5. The van der Waals surface area contributed by atoms with Crippen molar-refractivity contribution < 1.29 is 9.84 Å². The monoisotopic (exact) mass is 290 g/mol. The van der Waals surface area contributed by atoms with Crippen molar-refractivity contribution in [3.8, 4) is 0 Å². The van der Waals surface area contributed by atoms with Crippen LogP contribution in [0.4, 0.5) is 0 Å². The van der Waals surface area contributed by atoms with E-state index in [-0.39, 0.29) is 0 Å². The molecule has 1 aromatic rings. The summed E-state index contributed by atoms with van der Waals surface area (Å²) >= 11 is 0. The molecule has 1 saturated heterocycles. The van der Waals surface area contributed by atoms with Crippen LogP contribution >= 0.6 is 0 Å². The molecular formula is C17H26N2O2. The molecule has 0 bridgehead atoms. The summed E-state index contributed by atoms with van der Waals surface area (Å²) in [5, 5.41) is 14.1. The minimum Gasteiger partial charge on any atom is -0.388 e. The Hall–Kier alpha value is -0.940. The molecule has 1 aliphatic heterocycles. The first-order chi connectivity index (χ1) is 10.1. The molecule has 3 rings (SSSR count). The van der Waals surface area contributed by atoms with Crippen LogP contribution in [0.1, 0.15) is 18.1 Å². The van der Waals surface area contributed by atoms with Crippen molar-refractivity contribution in [1.29, 1.82) is 0 Å². The van der Waals surface area contributed by atoms with Crippen molar-refractivity contribution in [3.63, 3.8) is 0 Å². The van der Waals surface area contributed by atoms with Crippen LogP contribution in [-0.4, -0.2) is 61.0 Å².